The van der Waals surface area contributed by atoms with Gasteiger partial charge in [0.2, 0.25) is 5.91 Å². The van der Waals surface area contributed by atoms with Crippen molar-refractivity contribution in [1.29, 1.82) is 0 Å². The van der Waals surface area contributed by atoms with Crippen molar-refractivity contribution in [3.05, 3.63) is 39.0 Å². The molecule has 0 radical (unpaired) electrons. The molecule has 486 valence electrons. The number of aromatic nitrogens is 1. The van der Waals surface area contributed by atoms with E-state index in [0.717, 1.165) is 43.0 Å². The van der Waals surface area contributed by atoms with E-state index in [4.69, 9.17) is 34.2 Å². The molecule has 14 heteroatoms. The minimum absolute atomic E-state index is 0.00846. The molecule has 1 aliphatic heterocycles. The van der Waals surface area contributed by atoms with Gasteiger partial charge in [0.15, 0.2) is 5.91 Å². The summed E-state index contributed by atoms with van der Waals surface area (Å²) in [6.07, 6.45) is 10.3. The molecule has 0 aromatic carbocycles. The number of esters is 3. The Bertz CT molecular complexity index is 2500. The molecule has 86 heavy (non-hydrogen) atoms. The van der Waals surface area contributed by atoms with Crippen molar-refractivity contribution in [3.8, 4) is 0 Å². The summed E-state index contributed by atoms with van der Waals surface area (Å²) < 4.78 is 19.9. The van der Waals surface area contributed by atoms with Gasteiger partial charge in [-0.05, 0) is 178 Å². The number of H-pyrrole nitrogens is 1. The molecule has 2 N–H and O–H groups in total. The van der Waals surface area contributed by atoms with Crippen molar-refractivity contribution in [2.24, 2.45) is 84.3 Å². The van der Waals surface area contributed by atoms with Gasteiger partial charge in [-0.1, -0.05) is 166 Å². The number of rotatable bonds is 23. The average Bonchev–Trinajstić information content (AvgIpc) is 2.22. The Morgan fingerprint density at radius 1 is 0.640 bits per heavy atom. The van der Waals surface area contributed by atoms with Crippen molar-refractivity contribution < 1.29 is 55.5 Å². The number of allylic oxidation sites excluding steroid dienone is 1. The van der Waals surface area contributed by atoms with Gasteiger partial charge in [-0.15, -0.1) is 0 Å². The Kier molecular flexibility index (Phi) is 27.9. The number of aliphatic imine (C=N–C) groups is 1. The third-order valence-corrected chi connectivity index (χ3v) is 21.3. The molecular weight excluding hydrogens is 1150 g/mol. The molecule has 1 aromatic heterocycles. The third-order valence-electron chi connectivity index (χ3n) is 21.3. The van der Waals surface area contributed by atoms with E-state index in [9.17, 15) is 9.59 Å². The van der Waals surface area contributed by atoms with Crippen LogP contribution in [0.15, 0.2) is 21.8 Å². The van der Waals surface area contributed by atoms with E-state index in [1.165, 1.54) is 0 Å². The molecule has 12 nitrogen and oxygen atoms in total. The first-order valence-electron chi connectivity index (χ1n) is 33.5. The summed E-state index contributed by atoms with van der Waals surface area (Å²) in [5.41, 5.74) is -0.199. The van der Waals surface area contributed by atoms with Gasteiger partial charge >= 0.3 is 44.9 Å². The Balaban J connectivity index is 0.00000957. The van der Waals surface area contributed by atoms with E-state index in [-0.39, 0.29) is 99.0 Å². The monoisotopic (exact) mass is 1270 g/mol. The fourth-order valence-corrected chi connectivity index (χ4v) is 14.1. The topological polar surface area (TPSA) is 167 Å². The van der Waals surface area contributed by atoms with E-state index in [1.807, 2.05) is 61.5 Å². The fraction of sp³-hybridized carbons (Fsp3) is 0.806. The summed E-state index contributed by atoms with van der Waals surface area (Å²) in [4.78, 5) is 83.3. The molecule has 3 aliphatic rings. The third kappa shape index (κ3) is 18.0. The van der Waals surface area contributed by atoms with E-state index in [2.05, 4.69) is 135 Å². The molecule has 4 rings (SSSR count). The van der Waals surface area contributed by atoms with Crippen LogP contribution in [0, 0.1) is 79.3 Å². The minimum atomic E-state index is -0.938. The van der Waals surface area contributed by atoms with Crippen LogP contribution in [0.3, 0.4) is 0 Å². The number of ether oxygens (including phenoxy) is 3. The molecule has 2 heterocycles. The SMILES string of the molecule is CCC(C)C1=C(C(=O)OC2C(C(C)(C)C)CC(C)CC2C(C)(C)C)C(=NC(=O)C(CC)(CC)CCCOC(=O)C(C)(C)CC)[N-]/C1=C\c1[nH]c(NC(=O)C(CC)(CC)CC)c(C(=O)OC2C(C(C)(C)C)CC(C)CC2C(C)(C)C)c1C(C)CC.[Cl][Zn+]. The zero-order chi connectivity index (χ0) is 66.0. The number of hydrogen-bond acceptors (Lipinski definition) is 8. The number of carbonyl (C=O) groups excluding carboxylic acids is 5. The van der Waals surface area contributed by atoms with Crippen LogP contribution in [0.5, 0.6) is 0 Å². The number of aromatic amines is 1. The predicted molar refractivity (Wildman–Crippen MR) is 352 cm³/mol. The normalized spacial score (nSPS) is 24.4. The second kappa shape index (κ2) is 31.1. The van der Waals surface area contributed by atoms with E-state index >= 15 is 14.4 Å². The van der Waals surface area contributed by atoms with Crippen LogP contribution in [0.25, 0.3) is 11.4 Å². The summed E-state index contributed by atoms with van der Waals surface area (Å²) in [5.74, 6) is -0.935. The number of carbonyl (C=O) groups is 5. The Morgan fingerprint density at radius 2 is 1.06 bits per heavy atom. The molecule has 2 amide bonds. The molecule has 1 aromatic rings. The molecule has 6 unspecified atom stereocenters. The Morgan fingerprint density at radius 3 is 1.44 bits per heavy atom. The van der Waals surface area contributed by atoms with E-state index < -0.39 is 40.2 Å². The van der Waals surface area contributed by atoms with Crippen LogP contribution in [0.2, 0.25) is 0 Å². The summed E-state index contributed by atoms with van der Waals surface area (Å²) in [5, 5.41) is 8.60. The van der Waals surface area contributed by atoms with Gasteiger partial charge in [0.1, 0.15) is 23.6 Å². The summed E-state index contributed by atoms with van der Waals surface area (Å²) in [6.45, 7) is 55.8. The number of amides is 2. The number of hydrogen-bond donors (Lipinski definition) is 2. The van der Waals surface area contributed by atoms with Crippen molar-refractivity contribution in [2.75, 3.05) is 11.9 Å². The predicted octanol–water partition coefficient (Wildman–Crippen LogP) is 19.9. The van der Waals surface area contributed by atoms with Crippen LogP contribution in [0.1, 0.15) is 297 Å². The zero-order valence-electron chi connectivity index (χ0n) is 59.2. The summed E-state index contributed by atoms with van der Waals surface area (Å²) >= 11 is 0.847. The molecule has 0 bridgehead atoms. The number of halogens is 1. The van der Waals surface area contributed by atoms with Gasteiger partial charge in [-0.2, -0.15) is 0 Å². The van der Waals surface area contributed by atoms with Crippen molar-refractivity contribution in [3.63, 3.8) is 0 Å². The molecule has 2 fully saturated rings. The number of amidine groups is 1. The van der Waals surface area contributed by atoms with Gasteiger partial charge in [-0.25, -0.2) is 9.59 Å². The van der Waals surface area contributed by atoms with Gasteiger partial charge < -0.3 is 34.8 Å². The summed E-state index contributed by atoms with van der Waals surface area (Å²) in [6, 6.07) is 0. The van der Waals surface area contributed by atoms with Crippen molar-refractivity contribution >= 4 is 57.1 Å². The fourth-order valence-electron chi connectivity index (χ4n) is 14.1. The second-order valence-electron chi connectivity index (χ2n) is 31.5. The van der Waals surface area contributed by atoms with Crippen LogP contribution in [0.4, 0.5) is 5.82 Å². The Hall–Kier alpha value is -3.31. The molecule has 2 aliphatic carbocycles. The van der Waals surface area contributed by atoms with Crippen molar-refractivity contribution in [2.45, 2.75) is 288 Å². The van der Waals surface area contributed by atoms with Crippen LogP contribution >= 0.6 is 9.69 Å². The van der Waals surface area contributed by atoms with Gasteiger partial charge in [-0.3, -0.25) is 14.4 Å². The maximum atomic E-state index is 15.9. The average molecular weight is 1270 g/mol. The van der Waals surface area contributed by atoms with E-state index in [1.54, 1.807) is 0 Å². The first-order valence-corrected chi connectivity index (χ1v) is 37.4. The Labute approximate surface area is 537 Å². The molecule has 2 saturated carbocycles. The zero-order valence-corrected chi connectivity index (χ0v) is 62.9. The second-order valence-corrected chi connectivity index (χ2v) is 31.5. The first-order chi connectivity index (χ1) is 39.7. The number of anilines is 1. The number of nitrogens with one attached hydrogen (secondary N) is 2. The standard InChI is InChI=1S/C72H122N4O8.ClH.Zn/c1-27-45(11)53-51(73-59(75-63(79)71(30-4,31-5)32-6)55(53)61(77)83-57-47(66(13,14)15)38-43(9)39-48(57)67(16,17)18)42-52-54(46(12)28-2)56(62(78)84-58-49(68(19,20)21)40-44(10)41-50(58)69(22,23)24)60(74-52)76-64(80)72(33-7,34-8)36-35-37-82-65(81)70(25,26)29-3;;/h42-50,57-58H,27-41H2,1-26H3,(H3,73,74,75,76,77,78,79,80);1H;/q;;+2/p-2. The summed E-state index contributed by atoms with van der Waals surface area (Å²) in [7, 11) is 4.76. The molecule has 0 spiro atoms. The molecule has 6 atom stereocenters. The van der Waals surface area contributed by atoms with Crippen LogP contribution < -0.4 is 5.32 Å². The van der Waals surface area contributed by atoms with Gasteiger partial charge in [0.05, 0.1) is 17.6 Å². The van der Waals surface area contributed by atoms with Crippen molar-refractivity contribution in [1.82, 2.24) is 4.98 Å². The quantitative estimate of drug-likeness (QED) is 0.0473. The van der Waals surface area contributed by atoms with Gasteiger partial charge in [0, 0.05) is 40.2 Å². The molecule has 0 saturated heterocycles. The number of nitrogens with zero attached hydrogens (tertiary/aromatic N) is 2. The van der Waals surface area contributed by atoms with Crippen LogP contribution in [-0.4, -0.2) is 59.4 Å². The maximum absolute atomic E-state index is 15.9. The van der Waals surface area contributed by atoms with Crippen LogP contribution in [-0.2, 0) is 50.7 Å². The van der Waals surface area contributed by atoms with Gasteiger partial charge in [0.25, 0.3) is 0 Å². The van der Waals surface area contributed by atoms with E-state index in [0.29, 0.717) is 104 Å². The molecular formula is C72H121ClN4O8Zn. The first kappa shape index (κ1) is 76.9.